The third-order valence-electron chi connectivity index (χ3n) is 3.85. The number of hydrogen-bond donors (Lipinski definition) is 0. The molecule has 0 N–H and O–H groups in total. The van der Waals surface area contributed by atoms with E-state index in [0.29, 0.717) is 17.3 Å². The molecule has 0 spiro atoms. The van der Waals surface area contributed by atoms with Gasteiger partial charge in [0.1, 0.15) is 0 Å². The molecule has 0 atom stereocenters. The van der Waals surface area contributed by atoms with E-state index in [1.54, 1.807) is 26.0 Å². The number of benzene rings is 1. The predicted molar refractivity (Wildman–Crippen MR) is 85.2 cm³/mol. The van der Waals surface area contributed by atoms with Crippen LogP contribution < -0.4 is 9.47 Å². The maximum atomic E-state index is 12.2. The topological polar surface area (TPSA) is 38.8 Å². The zero-order valence-corrected chi connectivity index (χ0v) is 13.7. The van der Waals surface area contributed by atoms with Crippen LogP contribution in [0.25, 0.3) is 0 Å². The fourth-order valence-electron chi connectivity index (χ4n) is 2.40. The molecular weight excluding hydrogens is 286 g/mol. The van der Waals surface area contributed by atoms with E-state index in [0.717, 1.165) is 36.7 Å². The Balaban J connectivity index is 1.89. The van der Waals surface area contributed by atoms with E-state index in [9.17, 15) is 4.79 Å². The molecule has 5 heteroatoms. The van der Waals surface area contributed by atoms with Crippen LogP contribution in [0.5, 0.6) is 11.5 Å². The van der Waals surface area contributed by atoms with Crippen molar-refractivity contribution in [2.24, 2.45) is 5.92 Å². The van der Waals surface area contributed by atoms with Crippen molar-refractivity contribution in [3.63, 3.8) is 0 Å². The highest BCUT2D eigenvalue weighted by molar-refractivity contribution is 8.00. The van der Waals surface area contributed by atoms with Gasteiger partial charge in [-0.2, -0.15) is 0 Å². The molecule has 0 bridgehead atoms. The number of carbonyl (C=O) groups is 1. The van der Waals surface area contributed by atoms with Crippen molar-refractivity contribution in [1.82, 2.24) is 4.90 Å². The molecule has 116 valence electrons. The maximum absolute atomic E-state index is 12.2. The van der Waals surface area contributed by atoms with Crippen LogP contribution in [0, 0.1) is 5.92 Å². The van der Waals surface area contributed by atoms with Gasteiger partial charge in [0.25, 0.3) is 0 Å². The molecule has 0 aliphatic carbocycles. The second-order valence-electron chi connectivity index (χ2n) is 5.37. The van der Waals surface area contributed by atoms with E-state index < -0.39 is 0 Å². The zero-order valence-electron chi connectivity index (χ0n) is 12.9. The normalized spacial score (nSPS) is 15.9. The standard InChI is InChI=1S/C16H23NO3S/c1-12-6-8-17(9-7-12)16(18)11-21-13-4-5-14(19-2)15(10-13)20-3/h4-5,10,12H,6-9,11H2,1-3H3. The van der Waals surface area contributed by atoms with Crippen molar-refractivity contribution in [2.45, 2.75) is 24.7 Å². The van der Waals surface area contributed by atoms with E-state index in [2.05, 4.69) is 6.92 Å². The minimum atomic E-state index is 0.224. The van der Waals surface area contributed by atoms with Gasteiger partial charge in [-0.3, -0.25) is 4.79 Å². The van der Waals surface area contributed by atoms with Crippen LogP contribution in [-0.4, -0.2) is 43.9 Å². The van der Waals surface area contributed by atoms with Gasteiger partial charge in [0.2, 0.25) is 5.91 Å². The Morgan fingerprint density at radius 2 is 1.90 bits per heavy atom. The molecule has 1 aliphatic rings. The summed E-state index contributed by atoms with van der Waals surface area (Å²) >= 11 is 1.54. The highest BCUT2D eigenvalue weighted by Crippen LogP contribution is 2.32. The SMILES string of the molecule is COc1ccc(SCC(=O)N2CCC(C)CC2)cc1OC. The average molecular weight is 309 g/mol. The zero-order chi connectivity index (χ0) is 15.2. The number of methoxy groups -OCH3 is 2. The molecule has 1 saturated heterocycles. The molecule has 1 fully saturated rings. The van der Waals surface area contributed by atoms with E-state index in [1.165, 1.54) is 0 Å². The smallest absolute Gasteiger partial charge is 0.232 e. The van der Waals surface area contributed by atoms with E-state index in [-0.39, 0.29) is 5.91 Å². The number of piperidine rings is 1. The van der Waals surface area contributed by atoms with Crippen LogP contribution in [0.2, 0.25) is 0 Å². The lowest BCUT2D eigenvalue weighted by Crippen LogP contribution is -2.38. The first kappa shape index (κ1) is 16.0. The van der Waals surface area contributed by atoms with Gasteiger partial charge in [0.15, 0.2) is 11.5 Å². The van der Waals surface area contributed by atoms with Crippen molar-refractivity contribution in [2.75, 3.05) is 33.1 Å². The third-order valence-corrected chi connectivity index (χ3v) is 4.83. The number of thioether (sulfide) groups is 1. The van der Waals surface area contributed by atoms with Crippen molar-refractivity contribution in [1.29, 1.82) is 0 Å². The van der Waals surface area contributed by atoms with Crippen molar-refractivity contribution < 1.29 is 14.3 Å². The van der Waals surface area contributed by atoms with Crippen LogP contribution in [0.3, 0.4) is 0 Å². The molecule has 0 saturated carbocycles. The number of ether oxygens (including phenoxy) is 2. The van der Waals surface area contributed by atoms with Gasteiger partial charge >= 0.3 is 0 Å². The molecule has 1 aromatic rings. The quantitative estimate of drug-likeness (QED) is 0.784. The van der Waals surface area contributed by atoms with Crippen LogP contribution in [-0.2, 0) is 4.79 Å². The number of likely N-dealkylation sites (tertiary alicyclic amines) is 1. The summed E-state index contributed by atoms with van der Waals surface area (Å²) < 4.78 is 10.5. The van der Waals surface area contributed by atoms with Gasteiger partial charge in [-0.25, -0.2) is 0 Å². The summed E-state index contributed by atoms with van der Waals surface area (Å²) in [6.07, 6.45) is 2.24. The lowest BCUT2D eigenvalue weighted by molar-refractivity contribution is -0.129. The second-order valence-corrected chi connectivity index (χ2v) is 6.42. The molecule has 0 aromatic heterocycles. The molecule has 1 aromatic carbocycles. The minimum absolute atomic E-state index is 0.224. The summed E-state index contributed by atoms with van der Waals surface area (Å²) in [5, 5.41) is 0. The van der Waals surface area contributed by atoms with Gasteiger partial charge in [-0.05, 0) is 37.0 Å². The summed E-state index contributed by atoms with van der Waals surface area (Å²) in [4.78, 5) is 15.2. The average Bonchev–Trinajstić information content (AvgIpc) is 2.52. The second kappa shape index (κ2) is 7.59. The molecule has 1 amide bonds. The molecule has 1 heterocycles. The molecule has 0 radical (unpaired) electrons. The van der Waals surface area contributed by atoms with Crippen LogP contribution in [0.4, 0.5) is 0 Å². The van der Waals surface area contributed by atoms with Crippen LogP contribution in [0.15, 0.2) is 23.1 Å². The van der Waals surface area contributed by atoms with Gasteiger partial charge in [-0.1, -0.05) is 6.92 Å². The number of amides is 1. The van der Waals surface area contributed by atoms with Crippen LogP contribution in [0.1, 0.15) is 19.8 Å². The Kier molecular flexibility index (Phi) is 5.79. The summed E-state index contributed by atoms with van der Waals surface area (Å²) in [5.74, 6) is 2.85. The van der Waals surface area contributed by atoms with Crippen molar-refractivity contribution in [3.05, 3.63) is 18.2 Å². The molecule has 0 unspecified atom stereocenters. The molecular formula is C16H23NO3S. The minimum Gasteiger partial charge on any atom is -0.493 e. The maximum Gasteiger partial charge on any atom is 0.232 e. The Bertz CT molecular complexity index is 484. The van der Waals surface area contributed by atoms with Gasteiger partial charge in [-0.15, -0.1) is 11.8 Å². The fraction of sp³-hybridized carbons (Fsp3) is 0.562. The Morgan fingerprint density at radius 1 is 1.24 bits per heavy atom. The summed E-state index contributed by atoms with van der Waals surface area (Å²) in [5.41, 5.74) is 0. The summed E-state index contributed by atoms with van der Waals surface area (Å²) in [7, 11) is 3.23. The summed E-state index contributed by atoms with van der Waals surface area (Å²) in [6, 6.07) is 5.74. The lowest BCUT2D eigenvalue weighted by Gasteiger charge is -2.30. The fourth-order valence-corrected chi connectivity index (χ4v) is 3.23. The van der Waals surface area contributed by atoms with Gasteiger partial charge < -0.3 is 14.4 Å². The number of carbonyl (C=O) groups excluding carboxylic acids is 1. The number of rotatable bonds is 5. The van der Waals surface area contributed by atoms with Gasteiger partial charge in [0.05, 0.1) is 20.0 Å². The number of hydrogen-bond acceptors (Lipinski definition) is 4. The summed E-state index contributed by atoms with van der Waals surface area (Å²) in [6.45, 7) is 4.04. The largest absolute Gasteiger partial charge is 0.493 e. The first-order valence-electron chi connectivity index (χ1n) is 7.26. The Hall–Kier alpha value is -1.36. The van der Waals surface area contributed by atoms with Gasteiger partial charge in [0, 0.05) is 18.0 Å². The highest BCUT2D eigenvalue weighted by atomic mass is 32.2. The molecule has 1 aliphatic heterocycles. The van der Waals surface area contributed by atoms with E-state index in [1.807, 2.05) is 23.1 Å². The van der Waals surface area contributed by atoms with Crippen LogP contribution >= 0.6 is 11.8 Å². The molecule has 2 rings (SSSR count). The predicted octanol–water partition coefficient (Wildman–Crippen LogP) is 3.05. The van der Waals surface area contributed by atoms with Crippen molar-refractivity contribution in [3.8, 4) is 11.5 Å². The lowest BCUT2D eigenvalue weighted by atomic mass is 9.99. The Morgan fingerprint density at radius 3 is 2.52 bits per heavy atom. The monoisotopic (exact) mass is 309 g/mol. The third kappa shape index (κ3) is 4.30. The molecule has 21 heavy (non-hydrogen) atoms. The highest BCUT2D eigenvalue weighted by Gasteiger charge is 2.20. The Labute approximate surface area is 130 Å². The van der Waals surface area contributed by atoms with Crippen molar-refractivity contribution >= 4 is 17.7 Å². The first-order valence-corrected chi connectivity index (χ1v) is 8.25. The van der Waals surface area contributed by atoms with E-state index in [4.69, 9.17) is 9.47 Å². The molecule has 4 nitrogen and oxygen atoms in total. The number of nitrogens with zero attached hydrogens (tertiary/aromatic N) is 1. The van der Waals surface area contributed by atoms with E-state index >= 15 is 0 Å². The first-order chi connectivity index (χ1) is 10.1.